The second-order valence-electron chi connectivity index (χ2n) is 7.89. The van der Waals surface area contributed by atoms with E-state index in [9.17, 15) is 4.79 Å². The number of benzene rings is 1. The summed E-state index contributed by atoms with van der Waals surface area (Å²) >= 11 is 0. The summed E-state index contributed by atoms with van der Waals surface area (Å²) in [6.45, 7) is 7.82. The quantitative estimate of drug-likeness (QED) is 0.503. The number of amides is 1. The summed E-state index contributed by atoms with van der Waals surface area (Å²) in [5.41, 5.74) is 9.28. The van der Waals surface area contributed by atoms with E-state index in [0.717, 1.165) is 11.1 Å². The Bertz CT molecular complexity index is 1240. The molecule has 0 bridgehead atoms. The molecule has 0 aliphatic rings. The summed E-state index contributed by atoms with van der Waals surface area (Å²) in [5.74, 6) is 0.550. The zero-order valence-electron chi connectivity index (χ0n) is 17.7. The smallest absolute Gasteiger partial charge is 0.413 e. The molecule has 0 atom stereocenters. The van der Waals surface area contributed by atoms with Gasteiger partial charge >= 0.3 is 6.09 Å². The van der Waals surface area contributed by atoms with Crippen molar-refractivity contribution in [3.63, 3.8) is 0 Å². The molecule has 31 heavy (non-hydrogen) atoms. The molecule has 0 unspecified atom stereocenters. The number of aryl methyl sites for hydroxylation is 1. The molecule has 0 spiro atoms. The Morgan fingerprint density at radius 3 is 2.61 bits per heavy atom. The fourth-order valence-electron chi connectivity index (χ4n) is 3.28. The number of nitrogens with zero attached hydrogens (tertiary/aromatic N) is 5. The van der Waals surface area contributed by atoms with Crippen LogP contribution in [0.15, 0.2) is 41.2 Å². The molecular formula is C21H23N7O3. The van der Waals surface area contributed by atoms with Gasteiger partial charge in [-0.2, -0.15) is 0 Å². The van der Waals surface area contributed by atoms with E-state index in [0.29, 0.717) is 29.3 Å². The highest BCUT2D eigenvalue weighted by atomic mass is 16.6. The van der Waals surface area contributed by atoms with Gasteiger partial charge in [0.05, 0.1) is 23.1 Å². The van der Waals surface area contributed by atoms with Crippen molar-refractivity contribution in [3.05, 3.63) is 36.5 Å². The van der Waals surface area contributed by atoms with Crippen molar-refractivity contribution in [2.75, 3.05) is 11.1 Å². The number of rotatable bonds is 4. The molecule has 0 radical (unpaired) electrons. The number of aromatic nitrogens is 5. The third-order valence-electron chi connectivity index (χ3n) is 4.48. The predicted octanol–water partition coefficient (Wildman–Crippen LogP) is 4.10. The van der Waals surface area contributed by atoms with E-state index < -0.39 is 11.7 Å². The Morgan fingerprint density at radius 2 is 1.94 bits per heavy atom. The molecule has 0 saturated carbocycles. The number of anilines is 2. The largest absolute Gasteiger partial charge is 0.444 e. The van der Waals surface area contributed by atoms with Gasteiger partial charge in [0.1, 0.15) is 11.1 Å². The lowest BCUT2D eigenvalue weighted by Gasteiger charge is -2.19. The van der Waals surface area contributed by atoms with E-state index in [4.69, 9.17) is 20.1 Å². The molecule has 4 aromatic rings. The molecule has 3 heterocycles. The van der Waals surface area contributed by atoms with Gasteiger partial charge in [-0.25, -0.2) is 14.4 Å². The van der Waals surface area contributed by atoms with Crippen LogP contribution < -0.4 is 11.1 Å². The Kier molecular flexibility index (Phi) is 5.05. The molecule has 10 nitrogen and oxygen atoms in total. The fourth-order valence-corrected chi connectivity index (χ4v) is 3.28. The first-order chi connectivity index (χ1) is 14.8. The van der Waals surface area contributed by atoms with Crippen LogP contribution in [0.5, 0.6) is 0 Å². The second-order valence-corrected chi connectivity index (χ2v) is 7.89. The van der Waals surface area contributed by atoms with Gasteiger partial charge in [0.2, 0.25) is 5.82 Å². The number of hydrogen-bond donors (Lipinski definition) is 2. The molecule has 0 saturated heterocycles. The van der Waals surface area contributed by atoms with Gasteiger partial charge in [-0.3, -0.25) is 10.3 Å². The summed E-state index contributed by atoms with van der Waals surface area (Å²) in [5, 5.41) is 10.4. The minimum atomic E-state index is -0.672. The molecule has 1 amide bonds. The summed E-state index contributed by atoms with van der Waals surface area (Å²) in [7, 11) is 0. The highest BCUT2D eigenvalue weighted by molar-refractivity contribution is 5.99. The lowest BCUT2D eigenvalue weighted by molar-refractivity contribution is 0.0634. The standard InChI is InChI=1S/C21H23N7O3/c1-5-28-17-13(22)11-23-14(12-9-7-6-8-10-12)15(17)24-19(28)16-18(27-31-26-16)25-20(29)30-21(2,3)4/h6-11H,5,22H2,1-4H3,(H,25,27,29). The monoisotopic (exact) mass is 421 g/mol. The van der Waals surface area contributed by atoms with Gasteiger partial charge < -0.3 is 15.0 Å². The number of nitrogens with one attached hydrogen (secondary N) is 1. The van der Waals surface area contributed by atoms with E-state index in [-0.39, 0.29) is 11.5 Å². The topological polar surface area (TPSA) is 134 Å². The molecule has 3 aromatic heterocycles. The fraction of sp³-hybridized carbons (Fsp3) is 0.286. The van der Waals surface area contributed by atoms with Crippen LogP contribution in [0, 0.1) is 0 Å². The van der Waals surface area contributed by atoms with Gasteiger partial charge in [0.15, 0.2) is 11.5 Å². The molecule has 10 heteroatoms. The van der Waals surface area contributed by atoms with Crippen LogP contribution in [0.1, 0.15) is 27.7 Å². The summed E-state index contributed by atoms with van der Waals surface area (Å²) in [4.78, 5) is 21.5. The number of carbonyl (C=O) groups is 1. The first kappa shape index (κ1) is 20.3. The zero-order chi connectivity index (χ0) is 22.2. The van der Waals surface area contributed by atoms with Gasteiger partial charge in [0, 0.05) is 12.1 Å². The number of ether oxygens (including phenoxy) is 1. The van der Waals surface area contributed by atoms with Crippen LogP contribution in [0.2, 0.25) is 0 Å². The number of nitrogens with two attached hydrogens (primary N) is 1. The average molecular weight is 421 g/mol. The first-order valence-electron chi connectivity index (χ1n) is 9.81. The van der Waals surface area contributed by atoms with E-state index in [2.05, 4.69) is 20.6 Å². The van der Waals surface area contributed by atoms with Crippen molar-refractivity contribution in [2.45, 2.75) is 39.8 Å². The molecular weight excluding hydrogens is 398 g/mol. The van der Waals surface area contributed by atoms with Gasteiger partial charge in [0.25, 0.3) is 0 Å². The molecule has 0 aliphatic heterocycles. The van der Waals surface area contributed by atoms with Crippen molar-refractivity contribution >= 4 is 28.6 Å². The molecule has 160 valence electrons. The summed E-state index contributed by atoms with van der Waals surface area (Å²) < 4.78 is 12.1. The van der Waals surface area contributed by atoms with Gasteiger partial charge in [-0.1, -0.05) is 30.3 Å². The maximum atomic E-state index is 12.2. The van der Waals surface area contributed by atoms with Crippen molar-refractivity contribution < 1.29 is 14.2 Å². The SMILES string of the molecule is CCn1c(-c2nonc2NC(=O)OC(C)(C)C)nc2c(-c3ccccc3)ncc(N)c21. The van der Waals surface area contributed by atoms with Crippen LogP contribution in [0.3, 0.4) is 0 Å². The van der Waals surface area contributed by atoms with Crippen molar-refractivity contribution in [1.82, 2.24) is 24.8 Å². The zero-order valence-corrected chi connectivity index (χ0v) is 17.7. The van der Waals surface area contributed by atoms with Crippen LogP contribution >= 0.6 is 0 Å². The molecule has 0 aliphatic carbocycles. The summed E-state index contributed by atoms with van der Waals surface area (Å²) in [6, 6.07) is 9.71. The highest BCUT2D eigenvalue weighted by Crippen LogP contribution is 2.35. The lowest BCUT2D eigenvalue weighted by atomic mass is 10.1. The van der Waals surface area contributed by atoms with Crippen LogP contribution in [0.4, 0.5) is 16.3 Å². The average Bonchev–Trinajstić information content (AvgIpc) is 3.31. The first-order valence-corrected chi connectivity index (χ1v) is 9.81. The van der Waals surface area contributed by atoms with E-state index >= 15 is 0 Å². The second kappa shape index (κ2) is 7.71. The van der Waals surface area contributed by atoms with Crippen LogP contribution in [0.25, 0.3) is 33.8 Å². The molecule has 1 aromatic carbocycles. The Balaban J connectivity index is 1.84. The Hall–Kier alpha value is -3.95. The number of hydrogen-bond acceptors (Lipinski definition) is 8. The number of fused-ring (bicyclic) bond motifs is 1. The molecule has 4 rings (SSSR count). The normalized spacial score (nSPS) is 11.6. The van der Waals surface area contributed by atoms with Crippen molar-refractivity contribution in [1.29, 1.82) is 0 Å². The predicted molar refractivity (Wildman–Crippen MR) is 116 cm³/mol. The van der Waals surface area contributed by atoms with Crippen LogP contribution in [-0.4, -0.2) is 36.5 Å². The lowest BCUT2D eigenvalue weighted by Crippen LogP contribution is -2.27. The van der Waals surface area contributed by atoms with Crippen molar-refractivity contribution in [3.8, 4) is 22.8 Å². The number of pyridine rings is 1. The van der Waals surface area contributed by atoms with E-state index in [1.54, 1.807) is 27.0 Å². The van der Waals surface area contributed by atoms with Gasteiger partial charge in [-0.15, -0.1) is 0 Å². The Morgan fingerprint density at radius 1 is 1.19 bits per heavy atom. The third kappa shape index (κ3) is 3.91. The Labute approximate surface area is 178 Å². The maximum Gasteiger partial charge on any atom is 0.413 e. The van der Waals surface area contributed by atoms with Crippen molar-refractivity contribution in [2.24, 2.45) is 0 Å². The molecule has 3 N–H and O–H groups in total. The number of nitrogen functional groups attached to an aromatic ring is 1. The highest BCUT2D eigenvalue weighted by Gasteiger charge is 2.26. The van der Waals surface area contributed by atoms with Crippen LogP contribution in [-0.2, 0) is 11.3 Å². The maximum absolute atomic E-state index is 12.2. The minimum absolute atomic E-state index is 0.104. The number of carbonyl (C=O) groups excluding carboxylic acids is 1. The van der Waals surface area contributed by atoms with E-state index in [1.165, 1.54) is 0 Å². The van der Waals surface area contributed by atoms with Gasteiger partial charge in [-0.05, 0) is 38.0 Å². The minimum Gasteiger partial charge on any atom is -0.444 e. The molecule has 0 fully saturated rings. The van der Waals surface area contributed by atoms with E-state index in [1.807, 2.05) is 41.8 Å². The summed E-state index contributed by atoms with van der Waals surface area (Å²) in [6.07, 6.45) is 0.943. The number of imidazole rings is 1. The third-order valence-corrected chi connectivity index (χ3v) is 4.48.